The number of thioether (sulfide) groups is 2. The second-order valence-corrected chi connectivity index (χ2v) is 9.01. The van der Waals surface area contributed by atoms with Gasteiger partial charge in [-0.1, -0.05) is 41.9 Å². The summed E-state index contributed by atoms with van der Waals surface area (Å²) in [6.45, 7) is 2.04. The fraction of sp³-hybridized carbons (Fsp3) is 0.174. The summed E-state index contributed by atoms with van der Waals surface area (Å²) >= 11 is 9.36. The molecule has 0 aliphatic heterocycles. The Hall–Kier alpha value is -1.88. The monoisotopic (exact) mass is 427 g/mol. The van der Waals surface area contributed by atoms with Gasteiger partial charge in [0.25, 0.3) is 0 Å². The lowest BCUT2D eigenvalue weighted by molar-refractivity contribution is -0.115. The van der Waals surface area contributed by atoms with Crippen LogP contribution < -0.4 is 5.32 Å². The SMILES string of the molecule is Cc1cc(CSc2ccccc2)ccc1NC(=O)CCSc1ccc(Cl)cc1. The number of rotatable bonds is 8. The Morgan fingerprint density at radius 1 is 0.929 bits per heavy atom. The minimum atomic E-state index is 0.0379. The van der Waals surface area contributed by atoms with Crippen LogP contribution in [-0.2, 0) is 10.5 Å². The van der Waals surface area contributed by atoms with Gasteiger partial charge in [0.05, 0.1) is 0 Å². The number of carbonyl (C=O) groups is 1. The fourth-order valence-electron chi connectivity index (χ4n) is 2.64. The number of hydrogen-bond acceptors (Lipinski definition) is 3. The van der Waals surface area contributed by atoms with Crippen molar-refractivity contribution in [3.63, 3.8) is 0 Å². The lowest BCUT2D eigenvalue weighted by Gasteiger charge is -2.10. The molecule has 5 heteroatoms. The summed E-state index contributed by atoms with van der Waals surface area (Å²) in [5.74, 6) is 1.69. The van der Waals surface area contributed by atoms with Crippen LogP contribution in [0, 0.1) is 6.92 Å². The first-order valence-electron chi connectivity index (χ1n) is 9.06. The third-order valence-corrected chi connectivity index (χ3v) is 6.47. The van der Waals surface area contributed by atoms with Crippen molar-refractivity contribution in [1.29, 1.82) is 0 Å². The molecule has 28 heavy (non-hydrogen) atoms. The molecule has 0 bridgehead atoms. The van der Waals surface area contributed by atoms with E-state index in [1.54, 1.807) is 11.8 Å². The van der Waals surface area contributed by atoms with E-state index in [1.807, 2.05) is 55.1 Å². The molecule has 0 saturated heterocycles. The van der Waals surface area contributed by atoms with E-state index in [0.717, 1.165) is 32.7 Å². The molecule has 1 amide bonds. The number of amides is 1. The van der Waals surface area contributed by atoms with Crippen molar-refractivity contribution < 1.29 is 4.79 Å². The van der Waals surface area contributed by atoms with Crippen LogP contribution in [0.3, 0.4) is 0 Å². The van der Waals surface area contributed by atoms with Gasteiger partial charge >= 0.3 is 0 Å². The van der Waals surface area contributed by atoms with Gasteiger partial charge < -0.3 is 5.32 Å². The standard InChI is InChI=1S/C23H22ClNOS2/c1-17-15-18(16-28-20-5-3-2-4-6-20)7-12-22(17)25-23(26)13-14-27-21-10-8-19(24)9-11-21/h2-12,15H,13-14,16H2,1H3,(H,25,26). The molecule has 3 aromatic carbocycles. The summed E-state index contributed by atoms with van der Waals surface area (Å²) < 4.78 is 0. The molecular formula is C23H22ClNOS2. The van der Waals surface area contributed by atoms with Gasteiger partial charge in [-0.05, 0) is 60.5 Å². The van der Waals surface area contributed by atoms with Gasteiger partial charge in [-0.15, -0.1) is 23.5 Å². The molecule has 3 aromatic rings. The third kappa shape index (κ3) is 6.62. The molecule has 0 aromatic heterocycles. The van der Waals surface area contributed by atoms with E-state index >= 15 is 0 Å². The zero-order valence-corrected chi connectivity index (χ0v) is 18.0. The van der Waals surface area contributed by atoms with E-state index in [-0.39, 0.29) is 5.91 Å². The van der Waals surface area contributed by atoms with E-state index in [0.29, 0.717) is 6.42 Å². The number of benzene rings is 3. The zero-order valence-electron chi connectivity index (χ0n) is 15.7. The normalized spacial score (nSPS) is 10.6. The second-order valence-electron chi connectivity index (χ2n) is 6.35. The first kappa shape index (κ1) is 20.8. The van der Waals surface area contributed by atoms with E-state index in [2.05, 4.69) is 41.7 Å². The maximum absolute atomic E-state index is 12.3. The van der Waals surface area contributed by atoms with Crippen molar-refractivity contribution in [2.75, 3.05) is 11.1 Å². The maximum Gasteiger partial charge on any atom is 0.225 e. The Bertz CT molecular complexity index is 914. The quantitative estimate of drug-likeness (QED) is 0.390. The number of aryl methyl sites for hydroxylation is 1. The average Bonchev–Trinajstić information content (AvgIpc) is 2.70. The van der Waals surface area contributed by atoms with Gasteiger partial charge in [0, 0.05) is 38.4 Å². The summed E-state index contributed by atoms with van der Waals surface area (Å²) in [6, 6.07) is 24.3. The predicted octanol–water partition coefficient (Wildman–Crippen LogP) is 7.06. The van der Waals surface area contributed by atoms with E-state index < -0.39 is 0 Å². The zero-order chi connectivity index (χ0) is 19.8. The number of nitrogens with one attached hydrogen (secondary N) is 1. The minimum absolute atomic E-state index is 0.0379. The lowest BCUT2D eigenvalue weighted by atomic mass is 10.1. The van der Waals surface area contributed by atoms with Gasteiger partial charge in [0.2, 0.25) is 5.91 Å². The smallest absolute Gasteiger partial charge is 0.225 e. The first-order chi connectivity index (χ1) is 13.6. The van der Waals surface area contributed by atoms with Crippen LogP contribution >= 0.6 is 35.1 Å². The Balaban J connectivity index is 1.46. The molecule has 144 valence electrons. The molecule has 0 aliphatic carbocycles. The molecule has 3 rings (SSSR count). The highest BCUT2D eigenvalue weighted by Crippen LogP contribution is 2.25. The van der Waals surface area contributed by atoms with Crippen molar-refractivity contribution in [3.8, 4) is 0 Å². The number of carbonyl (C=O) groups excluding carboxylic acids is 1. The average molecular weight is 428 g/mol. The van der Waals surface area contributed by atoms with Crippen LogP contribution in [-0.4, -0.2) is 11.7 Å². The highest BCUT2D eigenvalue weighted by molar-refractivity contribution is 7.99. The molecule has 1 N–H and O–H groups in total. The summed E-state index contributed by atoms with van der Waals surface area (Å²) in [6.07, 6.45) is 0.471. The van der Waals surface area contributed by atoms with Crippen molar-refractivity contribution in [2.24, 2.45) is 0 Å². The van der Waals surface area contributed by atoms with Crippen LogP contribution in [0.1, 0.15) is 17.5 Å². The highest BCUT2D eigenvalue weighted by atomic mass is 35.5. The van der Waals surface area contributed by atoms with Crippen molar-refractivity contribution in [1.82, 2.24) is 0 Å². The summed E-state index contributed by atoms with van der Waals surface area (Å²) in [4.78, 5) is 14.6. The highest BCUT2D eigenvalue weighted by Gasteiger charge is 2.07. The predicted molar refractivity (Wildman–Crippen MR) is 123 cm³/mol. The summed E-state index contributed by atoms with van der Waals surface area (Å²) in [7, 11) is 0. The third-order valence-electron chi connectivity index (χ3n) is 4.13. The summed E-state index contributed by atoms with van der Waals surface area (Å²) in [5, 5.41) is 3.75. The van der Waals surface area contributed by atoms with E-state index in [1.165, 1.54) is 10.5 Å². The minimum Gasteiger partial charge on any atom is -0.326 e. The molecule has 0 aliphatic rings. The molecule has 0 radical (unpaired) electrons. The van der Waals surface area contributed by atoms with Gasteiger partial charge in [-0.3, -0.25) is 4.79 Å². The number of anilines is 1. The van der Waals surface area contributed by atoms with Crippen molar-refractivity contribution in [3.05, 3.63) is 88.9 Å². The molecule has 0 heterocycles. The number of halogens is 1. The molecule has 0 unspecified atom stereocenters. The molecular weight excluding hydrogens is 406 g/mol. The molecule has 0 fully saturated rings. The second kappa shape index (κ2) is 10.6. The van der Waals surface area contributed by atoms with Gasteiger partial charge in [0.15, 0.2) is 0 Å². The molecule has 0 spiro atoms. The van der Waals surface area contributed by atoms with E-state index in [4.69, 9.17) is 11.6 Å². The lowest BCUT2D eigenvalue weighted by Crippen LogP contribution is -2.13. The van der Waals surface area contributed by atoms with Crippen molar-refractivity contribution in [2.45, 2.75) is 28.9 Å². The largest absolute Gasteiger partial charge is 0.326 e. The maximum atomic E-state index is 12.3. The van der Waals surface area contributed by atoms with Gasteiger partial charge in [-0.2, -0.15) is 0 Å². The van der Waals surface area contributed by atoms with Gasteiger partial charge in [0.1, 0.15) is 0 Å². The molecule has 0 saturated carbocycles. The van der Waals surface area contributed by atoms with E-state index in [9.17, 15) is 4.79 Å². The Labute approximate surface area is 180 Å². The van der Waals surface area contributed by atoms with Crippen LogP contribution in [0.15, 0.2) is 82.6 Å². The van der Waals surface area contributed by atoms with Crippen molar-refractivity contribution >= 4 is 46.7 Å². The molecule has 2 nitrogen and oxygen atoms in total. The summed E-state index contributed by atoms with van der Waals surface area (Å²) in [5.41, 5.74) is 3.22. The van der Waals surface area contributed by atoms with Crippen LogP contribution in [0.5, 0.6) is 0 Å². The Morgan fingerprint density at radius 3 is 2.36 bits per heavy atom. The van der Waals surface area contributed by atoms with Crippen LogP contribution in [0.4, 0.5) is 5.69 Å². The first-order valence-corrected chi connectivity index (χ1v) is 11.4. The number of hydrogen-bond donors (Lipinski definition) is 1. The van der Waals surface area contributed by atoms with Crippen LogP contribution in [0.2, 0.25) is 5.02 Å². The van der Waals surface area contributed by atoms with Crippen LogP contribution in [0.25, 0.3) is 0 Å². The topological polar surface area (TPSA) is 29.1 Å². The fourth-order valence-corrected chi connectivity index (χ4v) is 4.48. The van der Waals surface area contributed by atoms with Gasteiger partial charge in [-0.25, -0.2) is 0 Å². The Kier molecular flexibility index (Phi) is 7.90. The Morgan fingerprint density at radius 2 is 1.64 bits per heavy atom. The molecule has 0 atom stereocenters.